The summed E-state index contributed by atoms with van der Waals surface area (Å²) < 4.78 is 0. The van der Waals surface area contributed by atoms with E-state index in [2.05, 4.69) is 5.16 Å². The number of carbonyl (C=O) groups excluding carboxylic acids is 1. The quantitative estimate of drug-likeness (QED) is 0.303. The van der Waals surface area contributed by atoms with Gasteiger partial charge in [-0.1, -0.05) is 53.2 Å². The number of nitrogens with two attached hydrogens (primary N) is 1. The minimum atomic E-state index is -0.432. The van der Waals surface area contributed by atoms with Crippen LogP contribution in [0, 0.1) is 6.92 Å². The molecule has 108 valence electrons. The molecule has 0 fully saturated rings. The Hall–Kier alpha value is -2.27. The van der Waals surface area contributed by atoms with Gasteiger partial charge >= 0.3 is 5.97 Å². The number of benzene rings is 2. The average molecular weight is 300 g/mol. The predicted molar refractivity (Wildman–Crippen MR) is 85.2 cm³/mol. The number of hydrogen-bond acceptors (Lipinski definition) is 4. The van der Waals surface area contributed by atoms with Gasteiger partial charge in [-0.2, -0.15) is 0 Å². The second kappa shape index (κ2) is 7.50. The van der Waals surface area contributed by atoms with Gasteiger partial charge in [-0.25, -0.2) is 4.79 Å². The van der Waals surface area contributed by atoms with Crippen LogP contribution in [0.5, 0.6) is 0 Å². The number of nitrogens with zero attached hydrogens (tertiary/aromatic N) is 1. The van der Waals surface area contributed by atoms with Crippen LogP contribution in [-0.2, 0) is 9.63 Å². The molecule has 0 bridgehead atoms. The normalized spacial score (nSPS) is 11.2. The van der Waals surface area contributed by atoms with Gasteiger partial charge in [0.2, 0.25) is 0 Å². The van der Waals surface area contributed by atoms with Crippen LogP contribution in [-0.4, -0.2) is 17.6 Å². The van der Waals surface area contributed by atoms with Crippen molar-refractivity contribution in [3.63, 3.8) is 0 Å². The maximum Gasteiger partial charge on any atom is 0.345 e. The third-order valence-corrected chi connectivity index (χ3v) is 3.68. The Balaban J connectivity index is 1.85. The molecule has 2 aromatic rings. The standard InChI is InChI=1S/C16H16N2O2S/c1-12-7-9-13(10-8-12)16(17)18-20-15(19)11-21-14-5-3-2-4-6-14/h2-10H,11H2,1H3,(H2,17,18). The fourth-order valence-corrected chi connectivity index (χ4v) is 2.25. The van der Waals surface area contributed by atoms with Crippen molar-refractivity contribution >= 4 is 23.6 Å². The highest BCUT2D eigenvalue weighted by Gasteiger charge is 2.05. The van der Waals surface area contributed by atoms with Crippen molar-refractivity contribution in [2.45, 2.75) is 11.8 Å². The van der Waals surface area contributed by atoms with E-state index >= 15 is 0 Å². The number of rotatable bonds is 5. The van der Waals surface area contributed by atoms with Crippen LogP contribution < -0.4 is 5.73 Å². The summed E-state index contributed by atoms with van der Waals surface area (Å²) >= 11 is 1.39. The van der Waals surface area contributed by atoms with Crippen LogP contribution in [0.25, 0.3) is 0 Å². The number of oxime groups is 1. The van der Waals surface area contributed by atoms with Crippen molar-refractivity contribution in [2.75, 3.05) is 5.75 Å². The van der Waals surface area contributed by atoms with Crippen molar-refractivity contribution in [2.24, 2.45) is 10.9 Å². The van der Waals surface area contributed by atoms with E-state index in [1.54, 1.807) is 0 Å². The van der Waals surface area contributed by atoms with Gasteiger partial charge in [0.15, 0.2) is 5.84 Å². The number of thioether (sulfide) groups is 1. The molecule has 2 aromatic carbocycles. The van der Waals surface area contributed by atoms with Crippen LogP contribution in [0.3, 0.4) is 0 Å². The molecule has 0 atom stereocenters. The molecule has 0 aliphatic rings. The lowest BCUT2D eigenvalue weighted by atomic mass is 10.1. The molecule has 2 N–H and O–H groups in total. The van der Waals surface area contributed by atoms with Crippen LogP contribution in [0.2, 0.25) is 0 Å². The lowest BCUT2D eigenvalue weighted by molar-refractivity contribution is -0.140. The van der Waals surface area contributed by atoms with E-state index in [0.717, 1.165) is 16.0 Å². The predicted octanol–water partition coefficient (Wildman–Crippen LogP) is 2.95. The Morgan fingerprint density at radius 2 is 1.81 bits per heavy atom. The minimum absolute atomic E-state index is 0.188. The van der Waals surface area contributed by atoms with Gasteiger partial charge in [0, 0.05) is 10.5 Å². The zero-order valence-corrected chi connectivity index (χ0v) is 12.5. The molecule has 2 rings (SSSR count). The van der Waals surface area contributed by atoms with Gasteiger partial charge in [-0.05, 0) is 19.1 Å². The SMILES string of the molecule is Cc1ccc(C(N)=NOC(=O)CSc2ccccc2)cc1. The summed E-state index contributed by atoms with van der Waals surface area (Å²) in [5.74, 6) is -0.0544. The average Bonchev–Trinajstić information content (AvgIpc) is 2.52. The van der Waals surface area contributed by atoms with Crippen LogP contribution >= 0.6 is 11.8 Å². The molecule has 0 saturated carbocycles. The molecule has 0 amide bonds. The number of hydrogen-bond donors (Lipinski definition) is 1. The Morgan fingerprint density at radius 1 is 1.14 bits per heavy atom. The molecule has 0 heterocycles. The first kappa shape index (κ1) is 15.1. The van der Waals surface area contributed by atoms with Gasteiger partial charge < -0.3 is 10.6 Å². The monoisotopic (exact) mass is 300 g/mol. The van der Waals surface area contributed by atoms with E-state index in [-0.39, 0.29) is 11.6 Å². The third-order valence-electron chi connectivity index (χ3n) is 2.69. The second-order valence-electron chi connectivity index (χ2n) is 4.41. The summed E-state index contributed by atoms with van der Waals surface area (Å²) in [6.07, 6.45) is 0. The fraction of sp³-hybridized carbons (Fsp3) is 0.125. The minimum Gasteiger partial charge on any atom is -0.380 e. The fourth-order valence-electron chi connectivity index (χ4n) is 1.56. The van der Waals surface area contributed by atoms with E-state index in [4.69, 9.17) is 10.6 Å². The van der Waals surface area contributed by atoms with Crippen molar-refractivity contribution < 1.29 is 9.63 Å². The first-order valence-electron chi connectivity index (χ1n) is 6.43. The van der Waals surface area contributed by atoms with E-state index in [1.165, 1.54) is 11.8 Å². The topological polar surface area (TPSA) is 64.7 Å². The molecular formula is C16H16N2O2S. The van der Waals surface area contributed by atoms with E-state index < -0.39 is 5.97 Å². The van der Waals surface area contributed by atoms with Crippen molar-refractivity contribution in [3.8, 4) is 0 Å². The summed E-state index contributed by atoms with van der Waals surface area (Å²) in [5.41, 5.74) is 7.62. The molecule has 0 unspecified atom stereocenters. The first-order chi connectivity index (χ1) is 10.1. The zero-order chi connectivity index (χ0) is 15.1. The van der Waals surface area contributed by atoms with Gasteiger partial charge in [0.05, 0.1) is 5.75 Å². The molecule has 4 nitrogen and oxygen atoms in total. The van der Waals surface area contributed by atoms with E-state index in [0.29, 0.717) is 0 Å². The number of aryl methyl sites for hydroxylation is 1. The molecule has 21 heavy (non-hydrogen) atoms. The molecule has 5 heteroatoms. The zero-order valence-electron chi connectivity index (χ0n) is 11.7. The highest BCUT2D eigenvalue weighted by atomic mass is 32.2. The molecule has 0 aromatic heterocycles. The Morgan fingerprint density at radius 3 is 2.48 bits per heavy atom. The number of carbonyl (C=O) groups is 1. The maximum absolute atomic E-state index is 11.6. The molecular weight excluding hydrogens is 284 g/mol. The molecule has 0 aliphatic heterocycles. The third kappa shape index (κ3) is 4.96. The number of amidine groups is 1. The molecule has 0 spiro atoms. The summed E-state index contributed by atoms with van der Waals surface area (Å²) in [6.45, 7) is 1.98. The largest absolute Gasteiger partial charge is 0.380 e. The van der Waals surface area contributed by atoms with Gasteiger partial charge in [-0.15, -0.1) is 11.8 Å². The van der Waals surface area contributed by atoms with Crippen molar-refractivity contribution in [3.05, 3.63) is 65.7 Å². The van der Waals surface area contributed by atoms with Gasteiger partial charge in [0.1, 0.15) is 0 Å². The lowest BCUT2D eigenvalue weighted by Gasteiger charge is -2.02. The van der Waals surface area contributed by atoms with Crippen LogP contribution in [0.15, 0.2) is 64.6 Å². The Bertz CT molecular complexity index is 624. The highest BCUT2D eigenvalue weighted by Crippen LogP contribution is 2.16. The van der Waals surface area contributed by atoms with Gasteiger partial charge in [-0.3, -0.25) is 0 Å². The smallest absolute Gasteiger partial charge is 0.345 e. The maximum atomic E-state index is 11.6. The second-order valence-corrected chi connectivity index (χ2v) is 5.46. The molecule has 0 aliphatic carbocycles. The first-order valence-corrected chi connectivity index (χ1v) is 7.42. The Labute approximate surface area is 128 Å². The highest BCUT2D eigenvalue weighted by molar-refractivity contribution is 8.00. The summed E-state index contributed by atoms with van der Waals surface area (Å²) in [6, 6.07) is 17.1. The van der Waals surface area contributed by atoms with Crippen molar-refractivity contribution in [1.82, 2.24) is 0 Å². The molecule has 0 saturated heterocycles. The molecule has 0 radical (unpaired) electrons. The van der Waals surface area contributed by atoms with Crippen LogP contribution in [0.4, 0.5) is 0 Å². The Kier molecular flexibility index (Phi) is 5.40. The van der Waals surface area contributed by atoms with Gasteiger partial charge in [0.25, 0.3) is 0 Å². The summed E-state index contributed by atoms with van der Waals surface area (Å²) in [4.78, 5) is 17.4. The van der Waals surface area contributed by atoms with Crippen molar-refractivity contribution in [1.29, 1.82) is 0 Å². The summed E-state index contributed by atoms with van der Waals surface area (Å²) in [7, 11) is 0. The summed E-state index contributed by atoms with van der Waals surface area (Å²) in [5, 5.41) is 3.67. The van der Waals surface area contributed by atoms with E-state index in [1.807, 2.05) is 61.5 Å². The van der Waals surface area contributed by atoms with Crippen LogP contribution in [0.1, 0.15) is 11.1 Å². The van der Waals surface area contributed by atoms with E-state index in [9.17, 15) is 4.79 Å². The lowest BCUT2D eigenvalue weighted by Crippen LogP contribution is -2.15.